The van der Waals surface area contributed by atoms with Crippen molar-refractivity contribution in [2.45, 2.75) is 31.5 Å². The Morgan fingerprint density at radius 2 is 2.39 bits per heavy atom. The molecule has 1 aliphatic carbocycles. The monoisotopic (exact) mass is 265 g/mol. The maximum atomic E-state index is 8.78. The van der Waals surface area contributed by atoms with Crippen LogP contribution < -0.4 is 11.1 Å². The van der Waals surface area contributed by atoms with E-state index < -0.39 is 0 Å². The van der Waals surface area contributed by atoms with Crippen molar-refractivity contribution in [3.05, 3.63) is 28.8 Å². The number of hydrogen-bond acceptors (Lipinski definition) is 4. The molecule has 3 unspecified atom stereocenters. The lowest BCUT2D eigenvalue weighted by Crippen LogP contribution is -2.60. The first-order chi connectivity index (χ1) is 8.65. The van der Waals surface area contributed by atoms with Gasteiger partial charge in [-0.25, -0.2) is 0 Å². The van der Waals surface area contributed by atoms with Crippen molar-refractivity contribution in [2.75, 3.05) is 11.9 Å². The third-order valence-electron chi connectivity index (χ3n) is 3.17. The Morgan fingerprint density at radius 1 is 1.61 bits per heavy atom. The number of nitrogens with two attached hydrogens (primary N) is 1. The molecule has 96 valence electrons. The van der Waals surface area contributed by atoms with Gasteiger partial charge < -0.3 is 15.8 Å². The number of nitrogens with one attached hydrogen (secondary N) is 1. The maximum absolute atomic E-state index is 8.78. The molecule has 0 aliphatic heterocycles. The van der Waals surface area contributed by atoms with E-state index in [1.807, 2.05) is 6.92 Å². The quantitative estimate of drug-likeness (QED) is 0.875. The SMILES string of the molecule is CCOC1CC(N)C1Nc1ccc(C#N)cc1Cl. The zero-order valence-electron chi connectivity index (χ0n) is 10.2. The van der Waals surface area contributed by atoms with Gasteiger partial charge in [-0.1, -0.05) is 11.6 Å². The first-order valence-electron chi connectivity index (χ1n) is 5.99. The Hall–Kier alpha value is -1.28. The second-order valence-corrected chi connectivity index (χ2v) is 4.78. The second kappa shape index (κ2) is 5.57. The standard InChI is InChI=1S/C13H16ClN3O/c1-2-18-12-6-10(16)13(12)17-11-4-3-8(7-15)5-9(11)14/h3-5,10,12-13,17H,2,6,16H2,1H3. The number of benzene rings is 1. The molecule has 1 aliphatic rings. The van der Waals surface area contributed by atoms with Crippen LogP contribution in [0.2, 0.25) is 5.02 Å². The summed E-state index contributed by atoms with van der Waals surface area (Å²) in [6, 6.07) is 7.38. The van der Waals surface area contributed by atoms with Crippen molar-refractivity contribution in [2.24, 2.45) is 5.73 Å². The lowest BCUT2D eigenvalue weighted by molar-refractivity contribution is -0.0126. The van der Waals surface area contributed by atoms with Gasteiger partial charge >= 0.3 is 0 Å². The van der Waals surface area contributed by atoms with Gasteiger partial charge in [-0.15, -0.1) is 0 Å². The molecular formula is C13H16ClN3O. The van der Waals surface area contributed by atoms with Crippen molar-refractivity contribution in [1.29, 1.82) is 5.26 Å². The molecule has 0 spiro atoms. The van der Waals surface area contributed by atoms with Crippen LogP contribution in [0, 0.1) is 11.3 Å². The third-order valence-corrected chi connectivity index (χ3v) is 3.48. The first-order valence-corrected chi connectivity index (χ1v) is 6.37. The molecule has 0 radical (unpaired) electrons. The number of anilines is 1. The summed E-state index contributed by atoms with van der Waals surface area (Å²) < 4.78 is 5.58. The summed E-state index contributed by atoms with van der Waals surface area (Å²) in [5.41, 5.74) is 7.30. The molecule has 0 heterocycles. The van der Waals surface area contributed by atoms with Gasteiger partial charge in [0.25, 0.3) is 0 Å². The number of nitriles is 1. The summed E-state index contributed by atoms with van der Waals surface area (Å²) in [6.07, 6.45) is 0.996. The average Bonchev–Trinajstić information content (AvgIpc) is 2.37. The zero-order valence-corrected chi connectivity index (χ0v) is 10.9. The Kier molecular flexibility index (Phi) is 4.07. The first kappa shape index (κ1) is 13.2. The highest BCUT2D eigenvalue weighted by Gasteiger charge is 2.39. The molecule has 1 saturated carbocycles. The lowest BCUT2D eigenvalue weighted by atomic mass is 9.83. The maximum Gasteiger partial charge on any atom is 0.0992 e. The van der Waals surface area contributed by atoms with Crippen LogP contribution in [0.4, 0.5) is 5.69 Å². The molecule has 4 nitrogen and oxygen atoms in total. The van der Waals surface area contributed by atoms with Gasteiger partial charge in [-0.05, 0) is 31.5 Å². The van der Waals surface area contributed by atoms with Crippen LogP contribution in [-0.4, -0.2) is 24.8 Å². The summed E-state index contributed by atoms with van der Waals surface area (Å²) in [4.78, 5) is 0. The summed E-state index contributed by atoms with van der Waals surface area (Å²) in [5.74, 6) is 0. The van der Waals surface area contributed by atoms with E-state index >= 15 is 0 Å². The fourth-order valence-corrected chi connectivity index (χ4v) is 2.34. The van der Waals surface area contributed by atoms with Crippen molar-refractivity contribution in [3.8, 4) is 6.07 Å². The lowest BCUT2D eigenvalue weighted by Gasteiger charge is -2.43. The highest BCUT2D eigenvalue weighted by atomic mass is 35.5. The molecule has 1 aromatic rings. The molecule has 2 rings (SSSR count). The Labute approximate surface area is 112 Å². The van der Waals surface area contributed by atoms with Crippen LogP contribution in [0.3, 0.4) is 0 Å². The topological polar surface area (TPSA) is 71.1 Å². The predicted octanol–water partition coefficient (Wildman–Crippen LogP) is 2.13. The van der Waals surface area contributed by atoms with E-state index in [9.17, 15) is 0 Å². The van der Waals surface area contributed by atoms with Gasteiger partial charge in [0.2, 0.25) is 0 Å². The smallest absolute Gasteiger partial charge is 0.0992 e. The summed E-state index contributed by atoms with van der Waals surface area (Å²) in [6.45, 7) is 2.65. The van der Waals surface area contributed by atoms with Crippen molar-refractivity contribution in [1.82, 2.24) is 0 Å². The van der Waals surface area contributed by atoms with E-state index in [4.69, 9.17) is 27.3 Å². The van der Waals surface area contributed by atoms with Gasteiger partial charge in [0.05, 0.1) is 34.5 Å². The molecule has 0 amide bonds. The summed E-state index contributed by atoms with van der Waals surface area (Å²) in [5, 5.41) is 12.6. The minimum atomic E-state index is 0.0771. The van der Waals surface area contributed by atoms with E-state index in [1.165, 1.54) is 0 Å². The average molecular weight is 266 g/mol. The third kappa shape index (κ3) is 2.59. The van der Waals surface area contributed by atoms with Crippen molar-refractivity contribution >= 4 is 17.3 Å². The normalized spacial score (nSPS) is 26.2. The molecule has 3 atom stereocenters. The van der Waals surface area contributed by atoms with Gasteiger partial charge in [0, 0.05) is 12.6 Å². The van der Waals surface area contributed by atoms with E-state index in [0.717, 1.165) is 12.1 Å². The van der Waals surface area contributed by atoms with Crippen LogP contribution in [-0.2, 0) is 4.74 Å². The highest BCUT2D eigenvalue weighted by Crippen LogP contribution is 2.30. The second-order valence-electron chi connectivity index (χ2n) is 4.37. The van der Waals surface area contributed by atoms with Crippen LogP contribution in [0.1, 0.15) is 18.9 Å². The van der Waals surface area contributed by atoms with Crippen LogP contribution in [0.5, 0.6) is 0 Å². The number of halogens is 1. The Morgan fingerprint density at radius 3 is 2.94 bits per heavy atom. The molecule has 0 saturated heterocycles. The minimum absolute atomic E-state index is 0.0771. The van der Waals surface area contributed by atoms with Crippen molar-refractivity contribution < 1.29 is 4.74 Å². The van der Waals surface area contributed by atoms with Crippen molar-refractivity contribution in [3.63, 3.8) is 0 Å². The van der Waals surface area contributed by atoms with Crippen LogP contribution in [0.15, 0.2) is 18.2 Å². The molecule has 18 heavy (non-hydrogen) atoms. The van der Waals surface area contributed by atoms with E-state index in [1.54, 1.807) is 18.2 Å². The number of ether oxygens (including phenoxy) is 1. The Balaban J connectivity index is 2.07. The van der Waals surface area contributed by atoms with Gasteiger partial charge in [-0.2, -0.15) is 5.26 Å². The number of rotatable bonds is 4. The van der Waals surface area contributed by atoms with Crippen LogP contribution in [0.25, 0.3) is 0 Å². The van der Waals surface area contributed by atoms with E-state index in [2.05, 4.69) is 11.4 Å². The molecular weight excluding hydrogens is 250 g/mol. The van der Waals surface area contributed by atoms with E-state index in [-0.39, 0.29) is 18.2 Å². The van der Waals surface area contributed by atoms with Crippen LogP contribution >= 0.6 is 11.6 Å². The fraction of sp³-hybridized carbons (Fsp3) is 0.462. The minimum Gasteiger partial charge on any atom is -0.377 e. The summed E-state index contributed by atoms with van der Waals surface area (Å²) in [7, 11) is 0. The molecule has 0 bridgehead atoms. The largest absolute Gasteiger partial charge is 0.377 e. The fourth-order valence-electron chi connectivity index (χ4n) is 2.11. The van der Waals surface area contributed by atoms with Gasteiger partial charge in [-0.3, -0.25) is 0 Å². The molecule has 5 heteroatoms. The molecule has 3 N–H and O–H groups in total. The molecule has 0 aromatic heterocycles. The zero-order chi connectivity index (χ0) is 13.1. The number of hydrogen-bond donors (Lipinski definition) is 2. The van der Waals surface area contributed by atoms with E-state index in [0.29, 0.717) is 17.2 Å². The predicted molar refractivity (Wildman–Crippen MR) is 71.6 cm³/mol. The highest BCUT2D eigenvalue weighted by molar-refractivity contribution is 6.33. The molecule has 1 aromatic carbocycles. The van der Waals surface area contributed by atoms with Gasteiger partial charge in [0.1, 0.15) is 0 Å². The Bertz CT molecular complexity index is 470. The van der Waals surface area contributed by atoms with Gasteiger partial charge in [0.15, 0.2) is 0 Å². The molecule has 1 fully saturated rings. The number of nitrogens with zero attached hydrogens (tertiary/aromatic N) is 1. The summed E-state index contributed by atoms with van der Waals surface area (Å²) >= 11 is 6.11.